The van der Waals surface area contributed by atoms with Crippen LogP contribution in [0.15, 0.2) is 52.6 Å². The van der Waals surface area contributed by atoms with Crippen LogP contribution in [0.2, 0.25) is 0 Å². The summed E-state index contributed by atoms with van der Waals surface area (Å²) in [7, 11) is 0. The predicted molar refractivity (Wildman–Crippen MR) is 165 cm³/mol. The van der Waals surface area contributed by atoms with Gasteiger partial charge in [-0.25, -0.2) is 0 Å². The smallest absolute Gasteiger partial charge is 0.193 e. The van der Waals surface area contributed by atoms with E-state index in [1.54, 1.807) is 13.0 Å². The molecule has 0 bridgehead atoms. The summed E-state index contributed by atoms with van der Waals surface area (Å²) in [5, 5.41) is 10.9. The molecule has 0 aliphatic heterocycles. The molecule has 0 aromatic heterocycles. The molecule has 3 N–H and O–H groups in total. The highest BCUT2D eigenvalue weighted by Crippen LogP contribution is 2.54. The minimum Gasteiger partial charge on any atom is -0.507 e. The van der Waals surface area contributed by atoms with Crippen LogP contribution in [0.25, 0.3) is 11.1 Å². The number of benzene rings is 2. The third kappa shape index (κ3) is 5.14. The number of fused-ring (bicyclic) bond motifs is 3. The van der Waals surface area contributed by atoms with Gasteiger partial charge < -0.3 is 10.6 Å². The van der Waals surface area contributed by atoms with Crippen molar-refractivity contribution in [1.82, 2.24) is 0 Å². The largest absolute Gasteiger partial charge is 0.507 e. The van der Waals surface area contributed by atoms with Gasteiger partial charge in [0.15, 0.2) is 17.3 Å². The average molecular weight is 559 g/mol. The number of aromatic hydroxyl groups is 1. The molecule has 0 saturated heterocycles. The first kappa shape index (κ1) is 32.2. The lowest BCUT2D eigenvalue weighted by Crippen LogP contribution is -2.46. The molecule has 4 atom stereocenters. The van der Waals surface area contributed by atoms with Gasteiger partial charge in [0.2, 0.25) is 0 Å². The number of carbonyl (C=O) groups is 3. The maximum Gasteiger partial charge on any atom is 0.193 e. The number of phenolic OH excluding ortho intramolecular Hbond substituents is 1. The van der Waals surface area contributed by atoms with Crippen molar-refractivity contribution in [3.63, 3.8) is 0 Å². The first-order valence-electron chi connectivity index (χ1n) is 14.9. The molecular formula is C36H46O5. The van der Waals surface area contributed by atoms with Crippen LogP contribution in [0.4, 0.5) is 0 Å². The van der Waals surface area contributed by atoms with E-state index in [1.165, 1.54) is 11.1 Å². The molecule has 0 heterocycles. The zero-order chi connectivity index (χ0) is 29.6. The Labute approximate surface area is 245 Å². The number of carbonyl (C=O) groups excluding carboxylic acids is 3. The van der Waals surface area contributed by atoms with Crippen molar-refractivity contribution < 1.29 is 25.0 Å². The van der Waals surface area contributed by atoms with Crippen molar-refractivity contribution in [3.8, 4) is 16.9 Å². The molecule has 2 unspecified atom stereocenters. The van der Waals surface area contributed by atoms with Crippen molar-refractivity contribution in [1.29, 1.82) is 0 Å². The monoisotopic (exact) mass is 558 g/mol. The minimum absolute atomic E-state index is 0. The Morgan fingerprint density at radius 3 is 2.22 bits per heavy atom. The molecule has 0 amide bonds. The van der Waals surface area contributed by atoms with E-state index in [2.05, 4.69) is 45.9 Å². The molecule has 5 heteroatoms. The molecule has 0 fully saturated rings. The fourth-order valence-corrected chi connectivity index (χ4v) is 7.72. The van der Waals surface area contributed by atoms with Gasteiger partial charge in [0.1, 0.15) is 5.75 Å². The first-order chi connectivity index (χ1) is 19.0. The Hall–Kier alpha value is -3.31. The molecule has 3 aliphatic rings. The summed E-state index contributed by atoms with van der Waals surface area (Å²) >= 11 is 0. The van der Waals surface area contributed by atoms with Crippen molar-refractivity contribution in [2.45, 2.75) is 81.6 Å². The van der Waals surface area contributed by atoms with E-state index >= 15 is 0 Å². The SMILES string of the molecule is CC.CCC(=O)C1=C(C)[C@@H](C(C)C)[C@@H]2CC3Cc4c(-c5ccc(C)c(C)c5)ccc(O)c4C(=O)C3=C(C)C2C1=O.O. The Morgan fingerprint density at radius 2 is 1.63 bits per heavy atom. The van der Waals surface area contributed by atoms with E-state index in [0.29, 0.717) is 29.6 Å². The zero-order valence-corrected chi connectivity index (χ0v) is 26.1. The lowest BCUT2D eigenvalue weighted by Gasteiger charge is -2.48. The Morgan fingerprint density at radius 1 is 0.976 bits per heavy atom. The van der Waals surface area contributed by atoms with Crippen LogP contribution in [-0.2, 0) is 16.0 Å². The molecule has 220 valence electrons. The second-order valence-electron chi connectivity index (χ2n) is 12.0. The molecule has 3 aliphatic carbocycles. The van der Waals surface area contributed by atoms with Crippen molar-refractivity contribution in [2.75, 3.05) is 0 Å². The summed E-state index contributed by atoms with van der Waals surface area (Å²) in [6.07, 6.45) is 1.67. The molecule has 5 nitrogen and oxygen atoms in total. The average Bonchev–Trinajstić information content (AvgIpc) is 2.91. The molecule has 0 radical (unpaired) electrons. The number of hydrogen-bond acceptors (Lipinski definition) is 4. The van der Waals surface area contributed by atoms with Gasteiger partial charge in [0.05, 0.1) is 11.1 Å². The molecule has 5 rings (SSSR count). The van der Waals surface area contributed by atoms with Gasteiger partial charge in [-0.15, -0.1) is 0 Å². The van der Waals surface area contributed by atoms with Gasteiger partial charge >= 0.3 is 0 Å². The van der Waals surface area contributed by atoms with Crippen molar-refractivity contribution in [2.24, 2.45) is 29.6 Å². The summed E-state index contributed by atoms with van der Waals surface area (Å²) in [6, 6.07) is 9.88. The maximum atomic E-state index is 14.1. The first-order valence-corrected chi connectivity index (χ1v) is 14.9. The second-order valence-corrected chi connectivity index (χ2v) is 12.0. The number of ketones is 3. The summed E-state index contributed by atoms with van der Waals surface area (Å²) in [4.78, 5) is 40.9. The van der Waals surface area contributed by atoms with E-state index in [0.717, 1.165) is 34.3 Å². The third-order valence-corrected chi connectivity index (χ3v) is 9.52. The predicted octanol–water partition coefficient (Wildman–Crippen LogP) is 7.34. The maximum absolute atomic E-state index is 14.1. The van der Waals surface area contributed by atoms with Crippen LogP contribution < -0.4 is 0 Å². The van der Waals surface area contributed by atoms with Crippen molar-refractivity contribution >= 4 is 17.3 Å². The Balaban J connectivity index is 0.00000151. The molecular weight excluding hydrogens is 512 g/mol. The van der Waals surface area contributed by atoms with E-state index in [-0.39, 0.29) is 52.2 Å². The standard InChI is InChI=1S/C34H38O4.C2H6.H2O/c1-8-26(35)31-19(6)28(16(2)3)25-15-22-14-24-23(21-10-9-17(4)18(5)13-21)11-12-27(36)32(24)33(37)29(22)20(7)30(25)34(31)38;1-2;/h9-13,16,22,25,28,30,36H,8,14-15H2,1-7H3;1-2H3;1H2/t22?,25-,28+,30?;;/m0../s1. The van der Waals surface area contributed by atoms with Crippen LogP contribution in [0.5, 0.6) is 5.75 Å². The molecule has 2 aromatic rings. The van der Waals surface area contributed by atoms with Crippen LogP contribution in [0, 0.1) is 43.4 Å². The van der Waals surface area contributed by atoms with Crippen molar-refractivity contribution in [3.05, 3.63) is 74.9 Å². The van der Waals surface area contributed by atoms with Gasteiger partial charge in [-0.3, -0.25) is 14.4 Å². The molecule has 0 spiro atoms. The van der Waals surface area contributed by atoms with Crippen LogP contribution in [-0.4, -0.2) is 27.9 Å². The van der Waals surface area contributed by atoms with E-state index in [4.69, 9.17) is 0 Å². The zero-order valence-electron chi connectivity index (χ0n) is 26.1. The lowest BCUT2D eigenvalue weighted by atomic mass is 9.54. The summed E-state index contributed by atoms with van der Waals surface area (Å²) < 4.78 is 0. The highest BCUT2D eigenvalue weighted by molar-refractivity contribution is 6.23. The normalized spacial score (nSPS) is 23.3. The molecule has 41 heavy (non-hydrogen) atoms. The number of allylic oxidation sites excluding steroid dienone is 4. The molecule has 2 aromatic carbocycles. The fourth-order valence-electron chi connectivity index (χ4n) is 7.72. The summed E-state index contributed by atoms with van der Waals surface area (Å²) in [5.41, 5.74) is 8.43. The van der Waals surface area contributed by atoms with Crippen LogP contribution in [0.1, 0.15) is 88.4 Å². The van der Waals surface area contributed by atoms with Gasteiger partial charge in [-0.05, 0) is 98.1 Å². The van der Waals surface area contributed by atoms with Gasteiger partial charge in [-0.2, -0.15) is 0 Å². The Bertz CT molecular complexity index is 1450. The highest BCUT2D eigenvalue weighted by Gasteiger charge is 2.51. The quantitative estimate of drug-likeness (QED) is 0.397. The fraction of sp³-hybridized carbons (Fsp3) is 0.472. The van der Waals surface area contributed by atoms with Gasteiger partial charge in [0, 0.05) is 17.9 Å². The highest BCUT2D eigenvalue weighted by atomic mass is 16.3. The van der Waals surface area contributed by atoms with Gasteiger partial charge in [-0.1, -0.05) is 70.0 Å². The van der Waals surface area contributed by atoms with E-state index < -0.39 is 5.92 Å². The number of aryl methyl sites for hydroxylation is 2. The topological polar surface area (TPSA) is 103 Å². The third-order valence-electron chi connectivity index (χ3n) is 9.52. The summed E-state index contributed by atoms with van der Waals surface area (Å²) in [5.74, 6) is -0.441. The minimum atomic E-state index is -0.460. The lowest BCUT2D eigenvalue weighted by molar-refractivity contribution is -0.126. The number of rotatable bonds is 4. The number of phenols is 1. The van der Waals surface area contributed by atoms with E-state index in [1.807, 2.05) is 33.8 Å². The van der Waals surface area contributed by atoms with Crippen LogP contribution >= 0.6 is 0 Å². The van der Waals surface area contributed by atoms with Crippen LogP contribution in [0.3, 0.4) is 0 Å². The van der Waals surface area contributed by atoms with Gasteiger partial charge in [0.25, 0.3) is 0 Å². The number of Topliss-reactive ketones (excluding diaryl/α,β-unsaturated/α-hetero) is 3. The second kappa shape index (κ2) is 12.3. The Kier molecular flexibility index (Phi) is 9.65. The number of hydrogen-bond donors (Lipinski definition) is 1. The van der Waals surface area contributed by atoms with E-state index in [9.17, 15) is 19.5 Å². The molecule has 0 saturated carbocycles. The summed E-state index contributed by atoms with van der Waals surface area (Å²) in [6.45, 7) is 18.2.